The molecule has 1 saturated heterocycles. The summed E-state index contributed by atoms with van der Waals surface area (Å²) in [4.78, 5) is 15.0. The Bertz CT molecular complexity index is 936. The van der Waals surface area contributed by atoms with Crippen molar-refractivity contribution in [3.8, 4) is 23.0 Å². The fraction of sp³-hybridized carbons (Fsp3) is 0.409. The molecule has 0 aromatic heterocycles. The number of anilines is 1. The summed E-state index contributed by atoms with van der Waals surface area (Å²) in [7, 11) is 3.31. The van der Waals surface area contributed by atoms with Crippen LogP contribution >= 0.6 is 15.9 Å². The van der Waals surface area contributed by atoms with Gasteiger partial charge in [0, 0.05) is 28.2 Å². The predicted octanol–water partition coefficient (Wildman–Crippen LogP) is 4.01. The molecule has 0 spiro atoms. The van der Waals surface area contributed by atoms with E-state index in [1.807, 2.05) is 24.3 Å². The van der Waals surface area contributed by atoms with E-state index >= 15 is 0 Å². The Morgan fingerprint density at radius 1 is 1.17 bits per heavy atom. The van der Waals surface area contributed by atoms with Crippen molar-refractivity contribution in [3.05, 3.63) is 40.4 Å². The van der Waals surface area contributed by atoms with Crippen LogP contribution in [0.5, 0.6) is 23.0 Å². The maximum absolute atomic E-state index is 12.8. The van der Waals surface area contributed by atoms with Gasteiger partial charge in [0.1, 0.15) is 24.7 Å². The van der Waals surface area contributed by atoms with Crippen LogP contribution in [0.3, 0.4) is 0 Å². The molecule has 0 aliphatic carbocycles. The van der Waals surface area contributed by atoms with E-state index in [2.05, 4.69) is 26.1 Å². The fourth-order valence-corrected chi connectivity index (χ4v) is 4.42. The number of carbonyl (C=O) groups is 1. The molecule has 2 aliphatic heterocycles. The van der Waals surface area contributed by atoms with Crippen molar-refractivity contribution in [1.82, 2.24) is 4.90 Å². The molecule has 1 fully saturated rings. The van der Waals surface area contributed by atoms with Crippen molar-refractivity contribution in [2.75, 3.05) is 45.8 Å². The van der Waals surface area contributed by atoms with Crippen molar-refractivity contribution in [3.63, 3.8) is 0 Å². The largest absolute Gasteiger partial charge is 0.497 e. The lowest BCUT2D eigenvalue weighted by Gasteiger charge is -2.26. The van der Waals surface area contributed by atoms with Gasteiger partial charge in [0.05, 0.1) is 26.5 Å². The zero-order valence-electron chi connectivity index (χ0n) is 17.1. The number of benzene rings is 2. The average molecular weight is 477 g/mol. The third-order valence-corrected chi connectivity index (χ3v) is 6.07. The minimum absolute atomic E-state index is 0.0823. The molecule has 2 aromatic rings. The van der Waals surface area contributed by atoms with E-state index in [1.165, 1.54) is 0 Å². The van der Waals surface area contributed by atoms with Crippen LogP contribution in [0.25, 0.3) is 0 Å². The second-order valence-electron chi connectivity index (χ2n) is 7.26. The molecule has 160 valence electrons. The SMILES string of the molecule is COc1ccc(OC)c(C2CCCN2CC(=O)Nc2cc3c(cc2Br)OCCO3)c1. The number of hydrogen-bond donors (Lipinski definition) is 1. The molecule has 0 radical (unpaired) electrons. The summed E-state index contributed by atoms with van der Waals surface area (Å²) in [6.07, 6.45) is 1.98. The number of halogens is 1. The van der Waals surface area contributed by atoms with Gasteiger partial charge in [-0.05, 0) is 53.5 Å². The van der Waals surface area contributed by atoms with Crippen LogP contribution in [0.15, 0.2) is 34.8 Å². The van der Waals surface area contributed by atoms with Crippen molar-refractivity contribution in [2.45, 2.75) is 18.9 Å². The van der Waals surface area contributed by atoms with Gasteiger partial charge in [-0.1, -0.05) is 0 Å². The third kappa shape index (κ3) is 4.34. The average Bonchev–Trinajstić information content (AvgIpc) is 3.21. The molecule has 1 atom stereocenters. The summed E-state index contributed by atoms with van der Waals surface area (Å²) in [6, 6.07) is 9.51. The highest BCUT2D eigenvalue weighted by atomic mass is 79.9. The molecule has 2 aromatic carbocycles. The van der Waals surface area contributed by atoms with Crippen LogP contribution < -0.4 is 24.3 Å². The molecule has 2 aliphatic rings. The summed E-state index contributed by atoms with van der Waals surface area (Å²) in [5.41, 5.74) is 1.71. The number of methoxy groups -OCH3 is 2. The predicted molar refractivity (Wildman–Crippen MR) is 117 cm³/mol. The fourth-order valence-electron chi connectivity index (χ4n) is 4.00. The van der Waals surface area contributed by atoms with E-state index in [4.69, 9.17) is 18.9 Å². The Kier molecular flexibility index (Phi) is 6.34. The maximum Gasteiger partial charge on any atom is 0.238 e. The van der Waals surface area contributed by atoms with E-state index in [-0.39, 0.29) is 18.5 Å². The summed E-state index contributed by atoms with van der Waals surface area (Å²) in [5, 5.41) is 2.99. The summed E-state index contributed by atoms with van der Waals surface area (Å²) in [6.45, 7) is 2.15. The van der Waals surface area contributed by atoms with Gasteiger partial charge in [-0.25, -0.2) is 0 Å². The molecule has 1 unspecified atom stereocenters. The number of hydrogen-bond acceptors (Lipinski definition) is 6. The van der Waals surface area contributed by atoms with Crippen LogP contribution in [0.2, 0.25) is 0 Å². The van der Waals surface area contributed by atoms with Crippen molar-refractivity contribution < 1.29 is 23.7 Å². The lowest BCUT2D eigenvalue weighted by Crippen LogP contribution is -2.33. The summed E-state index contributed by atoms with van der Waals surface area (Å²) < 4.78 is 22.9. The lowest BCUT2D eigenvalue weighted by molar-refractivity contribution is -0.117. The number of likely N-dealkylation sites (tertiary alicyclic amines) is 1. The standard InChI is InChI=1S/C22H25BrN2O5/c1-27-14-5-6-19(28-2)15(10-14)18-4-3-7-25(18)13-22(26)24-17-12-21-20(11-16(17)23)29-8-9-30-21/h5-6,10-12,18H,3-4,7-9,13H2,1-2H3,(H,24,26). The Hall–Kier alpha value is -2.45. The molecule has 0 bridgehead atoms. The van der Waals surface area contributed by atoms with Crippen LogP contribution in [0.4, 0.5) is 5.69 Å². The minimum Gasteiger partial charge on any atom is -0.497 e. The Morgan fingerprint density at radius 2 is 1.93 bits per heavy atom. The number of fused-ring (bicyclic) bond motifs is 1. The Labute approximate surface area is 184 Å². The molecular weight excluding hydrogens is 452 g/mol. The number of nitrogens with one attached hydrogen (secondary N) is 1. The van der Waals surface area contributed by atoms with E-state index < -0.39 is 0 Å². The van der Waals surface area contributed by atoms with Gasteiger partial charge in [-0.3, -0.25) is 9.69 Å². The molecular formula is C22H25BrN2O5. The molecule has 30 heavy (non-hydrogen) atoms. The van der Waals surface area contributed by atoms with Gasteiger partial charge in [-0.2, -0.15) is 0 Å². The minimum atomic E-state index is -0.0823. The molecule has 1 amide bonds. The molecule has 0 saturated carbocycles. The van der Waals surface area contributed by atoms with Gasteiger partial charge in [0.15, 0.2) is 11.5 Å². The van der Waals surface area contributed by atoms with Crippen LogP contribution in [0, 0.1) is 0 Å². The molecule has 4 rings (SSSR count). The highest BCUT2D eigenvalue weighted by Gasteiger charge is 2.30. The molecule has 8 heteroatoms. The Balaban J connectivity index is 1.48. The van der Waals surface area contributed by atoms with Gasteiger partial charge >= 0.3 is 0 Å². The van der Waals surface area contributed by atoms with Crippen LogP contribution in [-0.4, -0.2) is 51.3 Å². The molecule has 2 heterocycles. The number of amides is 1. The zero-order chi connectivity index (χ0) is 21.1. The Morgan fingerprint density at radius 3 is 2.67 bits per heavy atom. The normalized spacial score (nSPS) is 18.2. The van der Waals surface area contributed by atoms with Crippen LogP contribution in [0.1, 0.15) is 24.4 Å². The monoisotopic (exact) mass is 476 g/mol. The first-order valence-corrected chi connectivity index (χ1v) is 10.7. The second-order valence-corrected chi connectivity index (χ2v) is 8.11. The molecule has 7 nitrogen and oxygen atoms in total. The highest BCUT2D eigenvalue weighted by molar-refractivity contribution is 9.10. The van der Waals surface area contributed by atoms with Crippen molar-refractivity contribution >= 4 is 27.5 Å². The third-order valence-electron chi connectivity index (χ3n) is 5.41. The first-order chi connectivity index (χ1) is 14.6. The van der Waals surface area contributed by atoms with Gasteiger partial charge in [-0.15, -0.1) is 0 Å². The smallest absolute Gasteiger partial charge is 0.238 e. The number of ether oxygens (including phenoxy) is 4. The number of rotatable bonds is 6. The van der Waals surface area contributed by atoms with Gasteiger partial charge in [0.2, 0.25) is 5.91 Å². The van der Waals surface area contributed by atoms with E-state index in [0.717, 1.165) is 40.9 Å². The van der Waals surface area contributed by atoms with E-state index in [0.29, 0.717) is 30.4 Å². The van der Waals surface area contributed by atoms with Gasteiger partial charge < -0.3 is 24.3 Å². The van der Waals surface area contributed by atoms with Crippen molar-refractivity contribution in [1.29, 1.82) is 0 Å². The first kappa shape index (κ1) is 20.8. The zero-order valence-corrected chi connectivity index (χ0v) is 18.7. The lowest BCUT2D eigenvalue weighted by atomic mass is 10.0. The summed E-state index contributed by atoms with van der Waals surface area (Å²) >= 11 is 3.51. The summed E-state index contributed by atoms with van der Waals surface area (Å²) in [5.74, 6) is 2.82. The van der Waals surface area contributed by atoms with Gasteiger partial charge in [0.25, 0.3) is 0 Å². The molecule has 1 N–H and O–H groups in total. The number of nitrogens with zero attached hydrogens (tertiary/aromatic N) is 1. The first-order valence-electron chi connectivity index (χ1n) is 9.94. The topological polar surface area (TPSA) is 69.3 Å². The second kappa shape index (κ2) is 9.14. The van der Waals surface area contributed by atoms with Crippen LogP contribution in [-0.2, 0) is 4.79 Å². The van der Waals surface area contributed by atoms with Crippen molar-refractivity contribution in [2.24, 2.45) is 0 Å². The maximum atomic E-state index is 12.8. The number of carbonyl (C=O) groups excluding carboxylic acids is 1. The quantitative estimate of drug-likeness (QED) is 0.678. The van der Waals surface area contributed by atoms with E-state index in [1.54, 1.807) is 20.3 Å². The highest BCUT2D eigenvalue weighted by Crippen LogP contribution is 2.40. The van der Waals surface area contributed by atoms with E-state index in [9.17, 15) is 4.79 Å².